The largest absolute Gasteiger partial charge is 0.489 e. The number of rotatable bonds is 8. The molecule has 1 atom stereocenters. The highest BCUT2D eigenvalue weighted by Crippen LogP contribution is 2.28. The molecule has 2 heterocycles. The second kappa shape index (κ2) is 10.7. The maximum Gasteiger partial charge on any atom is 0.269 e. The lowest BCUT2D eigenvalue weighted by atomic mass is 9.89. The van der Waals surface area contributed by atoms with Crippen LogP contribution in [0.4, 0.5) is 0 Å². The number of amides is 1. The first-order valence-electron chi connectivity index (χ1n) is 11.8. The zero-order valence-electron chi connectivity index (χ0n) is 19.8. The number of ether oxygens (including phenoxy) is 1. The van der Waals surface area contributed by atoms with Gasteiger partial charge in [-0.05, 0) is 75.0 Å². The van der Waals surface area contributed by atoms with E-state index in [0.717, 1.165) is 31.1 Å². The Morgan fingerprint density at radius 3 is 2.45 bits per heavy atom. The Kier molecular flexibility index (Phi) is 7.45. The number of hydrogen-bond acceptors (Lipinski definition) is 4. The number of nitrogens with one attached hydrogen (secondary N) is 1. The first kappa shape index (κ1) is 23.1. The minimum atomic E-state index is -0.139. The third-order valence-electron chi connectivity index (χ3n) is 6.31. The second-order valence-electron chi connectivity index (χ2n) is 9.04. The van der Waals surface area contributed by atoms with Gasteiger partial charge in [0.25, 0.3) is 5.91 Å². The summed E-state index contributed by atoms with van der Waals surface area (Å²) in [5, 5.41) is 7.14. The molecule has 174 valence electrons. The minimum Gasteiger partial charge on any atom is -0.489 e. The molecule has 6 nitrogen and oxygen atoms in total. The monoisotopic (exact) mass is 446 g/mol. The van der Waals surface area contributed by atoms with E-state index in [1.807, 2.05) is 26.0 Å². The number of benzene rings is 2. The molecule has 0 radical (unpaired) electrons. The molecule has 1 aliphatic rings. The van der Waals surface area contributed by atoms with Gasteiger partial charge in [0.2, 0.25) is 0 Å². The molecule has 0 bridgehead atoms. The number of carbonyl (C=O) groups is 1. The van der Waals surface area contributed by atoms with Crippen molar-refractivity contribution in [3.63, 3.8) is 0 Å². The Bertz CT molecular complexity index is 1040. The van der Waals surface area contributed by atoms with Crippen molar-refractivity contribution in [1.82, 2.24) is 20.0 Å². The first-order valence-corrected chi connectivity index (χ1v) is 11.8. The van der Waals surface area contributed by atoms with E-state index in [1.165, 1.54) is 24.0 Å². The van der Waals surface area contributed by atoms with Gasteiger partial charge in [0.1, 0.15) is 17.5 Å². The van der Waals surface area contributed by atoms with Gasteiger partial charge in [-0.2, -0.15) is 5.10 Å². The molecule has 6 heteroatoms. The van der Waals surface area contributed by atoms with Gasteiger partial charge >= 0.3 is 0 Å². The fourth-order valence-electron chi connectivity index (χ4n) is 4.51. The zero-order valence-corrected chi connectivity index (χ0v) is 19.8. The molecule has 2 aromatic carbocycles. The Morgan fingerprint density at radius 2 is 1.82 bits per heavy atom. The molecule has 1 fully saturated rings. The van der Waals surface area contributed by atoms with Crippen LogP contribution >= 0.6 is 0 Å². The van der Waals surface area contributed by atoms with Crippen molar-refractivity contribution in [3.05, 3.63) is 83.2 Å². The number of nitrogens with zero attached hydrogens (tertiary/aromatic N) is 3. The standard InChI is InChI=1S/C27H34N4O2/c1-20-17-26(30(3)29-20)27(32)28-18-21(2)33-25-11-9-22(10-12-25)19-31-15-13-24(14-16-31)23-7-5-4-6-8-23/h4-12,17,21,24H,13-16,18-19H2,1-3H3,(H,28,32)/t21-/m0/s1. The van der Waals surface area contributed by atoms with Crippen LogP contribution in [0.15, 0.2) is 60.7 Å². The molecule has 0 unspecified atom stereocenters. The molecule has 33 heavy (non-hydrogen) atoms. The van der Waals surface area contributed by atoms with Gasteiger partial charge in [-0.15, -0.1) is 0 Å². The molecule has 3 aromatic rings. The van der Waals surface area contributed by atoms with Crippen molar-refractivity contribution < 1.29 is 9.53 Å². The first-order chi connectivity index (χ1) is 16.0. The van der Waals surface area contributed by atoms with Crippen molar-refractivity contribution in [1.29, 1.82) is 0 Å². The normalized spacial score (nSPS) is 15.8. The van der Waals surface area contributed by atoms with E-state index < -0.39 is 0 Å². The van der Waals surface area contributed by atoms with E-state index in [1.54, 1.807) is 17.8 Å². The van der Waals surface area contributed by atoms with E-state index in [-0.39, 0.29) is 12.0 Å². The summed E-state index contributed by atoms with van der Waals surface area (Å²) in [6.45, 7) is 7.49. The van der Waals surface area contributed by atoms with E-state index in [0.29, 0.717) is 18.2 Å². The van der Waals surface area contributed by atoms with Crippen molar-refractivity contribution >= 4 is 5.91 Å². The number of likely N-dealkylation sites (tertiary alicyclic amines) is 1. The van der Waals surface area contributed by atoms with Gasteiger partial charge in [0.05, 0.1) is 12.2 Å². The molecule has 1 saturated heterocycles. The molecule has 0 saturated carbocycles. The Morgan fingerprint density at radius 1 is 1.12 bits per heavy atom. The fraction of sp³-hybridized carbons (Fsp3) is 0.407. The highest BCUT2D eigenvalue weighted by molar-refractivity contribution is 5.92. The second-order valence-corrected chi connectivity index (χ2v) is 9.04. The SMILES string of the molecule is Cc1cc(C(=O)NC[C@H](C)Oc2ccc(CN3CCC(c4ccccc4)CC3)cc2)n(C)n1. The zero-order chi connectivity index (χ0) is 23.2. The maximum atomic E-state index is 12.3. The number of aromatic nitrogens is 2. The van der Waals surface area contributed by atoms with Gasteiger partial charge in [0, 0.05) is 13.6 Å². The summed E-state index contributed by atoms with van der Waals surface area (Å²) < 4.78 is 7.59. The summed E-state index contributed by atoms with van der Waals surface area (Å²) in [5.74, 6) is 1.36. The molecule has 0 aliphatic carbocycles. The lowest BCUT2D eigenvalue weighted by molar-refractivity contribution is 0.0922. The summed E-state index contributed by atoms with van der Waals surface area (Å²) in [4.78, 5) is 14.9. The molecule has 1 aromatic heterocycles. The maximum absolute atomic E-state index is 12.3. The van der Waals surface area contributed by atoms with E-state index in [4.69, 9.17) is 4.74 Å². The highest BCUT2D eigenvalue weighted by atomic mass is 16.5. The van der Waals surface area contributed by atoms with Crippen molar-refractivity contribution in [2.45, 2.75) is 45.3 Å². The van der Waals surface area contributed by atoms with Crippen LogP contribution in [0.5, 0.6) is 5.75 Å². The van der Waals surface area contributed by atoms with Crippen LogP contribution in [0.1, 0.15) is 53.0 Å². The minimum absolute atomic E-state index is 0.133. The number of carbonyl (C=O) groups excluding carboxylic acids is 1. The van der Waals surface area contributed by atoms with Crippen LogP contribution in [0.2, 0.25) is 0 Å². The third kappa shape index (κ3) is 6.23. The molecular formula is C27H34N4O2. The van der Waals surface area contributed by atoms with Crippen molar-refractivity contribution in [2.75, 3.05) is 19.6 Å². The number of piperidine rings is 1. The van der Waals surface area contributed by atoms with Gasteiger partial charge in [-0.3, -0.25) is 14.4 Å². The predicted molar refractivity (Wildman–Crippen MR) is 131 cm³/mol. The van der Waals surface area contributed by atoms with Crippen LogP contribution in [0.25, 0.3) is 0 Å². The summed E-state index contributed by atoms with van der Waals surface area (Å²) >= 11 is 0. The van der Waals surface area contributed by atoms with E-state index in [2.05, 4.69) is 57.8 Å². The van der Waals surface area contributed by atoms with Crippen LogP contribution < -0.4 is 10.1 Å². The molecule has 1 aliphatic heterocycles. The number of aryl methyl sites for hydroxylation is 2. The fourth-order valence-corrected chi connectivity index (χ4v) is 4.51. The van der Waals surface area contributed by atoms with Crippen LogP contribution in [-0.2, 0) is 13.6 Å². The Balaban J connectivity index is 1.21. The number of hydrogen-bond donors (Lipinski definition) is 1. The molecule has 1 amide bonds. The van der Waals surface area contributed by atoms with Crippen LogP contribution in [0.3, 0.4) is 0 Å². The topological polar surface area (TPSA) is 59.4 Å². The highest BCUT2D eigenvalue weighted by Gasteiger charge is 2.20. The molecule has 0 spiro atoms. The van der Waals surface area contributed by atoms with Crippen LogP contribution in [-0.4, -0.2) is 46.3 Å². The summed E-state index contributed by atoms with van der Waals surface area (Å²) in [5.41, 5.74) is 4.15. The predicted octanol–water partition coefficient (Wildman–Crippen LogP) is 4.31. The van der Waals surface area contributed by atoms with Crippen molar-refractivity contribution in [3.8, 4) is 5.75 Å². The van der Waals surface area contributed by atoms with Crippen molar-refractivity contribution in [2.24, 2.45) is 7.05 Å². The molecule has 4 rings (SSSR count). The van der Waals surface area contributed by atoms with Gasteiger partial charge < -0.3 is 10.1 Å². The molecular weight excluding hydrogens is 412 g/mol. The van der Waals surface area contributed by atoms with Gasteiger partial charge in [0.15, 0.2) is 0 Å². The Hall–Kier alpha value is -3.12. The Labute approximate surface area is 196 Å². The molecule has 1 N–H and O–H groups in total. The average Bonchev–Trinajstić information content (AvgIpc) is 3.18. The lowest BCUT2D eigenvalue weighted by Crippen LogP contribution is -2.34. The smallest absolute Gasteiger partial charge is 0.269 e. The quantitative estimate of drug-likeness (QED) is 0.560. The van der Waals surface area contributed by atoms with Gasteiger partial charge in [-0.25, -0.2) is 0 Å². The lowest BCUT2D eigenvalue weighted by Gasteiger charge is -2.32. The van der Waals surface area contributed by atoms with E-state index >= 15 is 0 Å². The third-order valence-corrected chi connectivity index (χ3v) is 6.31. The summed E-state index contributed by atoms with van der Waals surface area (Å²) in [6.07, 6.45) is 2.30. The summed E-state index contributed by atoms with van der Waals surface area (Å²) in [6, 6.07) is 21.0. The summed E-state index contributed by atoms with van der Waals surface area (Å²) in [7, 11) is 1.77. The van der Waals surface area contributed by atoms with Gasteiger partial charge in [-0.1, -0.05) is 42.5 Å². The average molecular weight is 447 g/mol. The van der Waals surface area contributed by atoms with Crippen LogP contribution in [0, 0.1) is 6.92 Å². The van der Waals surface area contributed by atoms with E-state index in [9.17, 15) is 4.79 Å².